The van der Waals surface area contributed by atoms with Crippen LogP contribution in [0.25, 0.3) is 0 Å². The van der Waals surface area contributed by atoms with E-state index >= 15 is 0 Å². The van der Waals surface area contributed by atoms with Crippen LogP contribution in [0.5, 0.6) is 23.0 Å². The van der Waals surface area contributed by atoms with Gasteiger partial charge in [0.25, 0.3) is 5.91 Å². The molecule has 28 heavy (non-hydrogen) atoms. The lowest BCUT2D eigenvalue weighted by molar-refractivity contribution is -0.124. The predicted molar refractivity (Wildman–Crippen MR) is 101 cm³/mol. The Morgan fingerprint density at radius 3 is 2.25 bits per heavy atom. The van der Waals surface area contributed by atoms with Crippen LogP contribution >= 0.6 is 0 Å². The predicted octanol–water partition coefficient (Wildman–Crippen LogP) is 2.45. The van der Waals surface area contributed by atoms with Crippen LogP contribution in [-0.4, -0.2) is 44.9 Å². The number of phenolic OH excluding ortho intramolecular Hbond substituents is 1. The van der Waals surface area contributed by atoms with Crippen molar-refractivity contribution in [3.05, 3.63) is 47.5 Å². The van der Waals surface area contributed by atoms with E-state index in [1.165, 1.54) is 32.4 Å². The van der Waals surface area contributed by atoms with Crippen molar-refractivity contribution in [3.63, 3.8) is 0 Å². The molecule has 2 rings (SSSR count). The molecule has 1 atom stereocenters. The Morgan fingerprint density at radius 1 is 1.00 bits per heavy atom. The number of methoxy groups -OCH3 is 3. The standard InChI is InChI=1S/C20H23NO7/c1-12(16-9-13(25-2)6-8-18(16)27-4)21-19(23)11-28-20(24)15-7-5-14(26-3)10-17(15)22/h5-10,12,22H,11H2,1-4H3,(H,21,23)/t12-/m1/s1. The third-order valence-electron chi connectivity index (χ3n) is 4.04. The second kappa shape index (κ2) is 9.50. The quantitative estimate of drug-likeness (QED) is 0.669. The van der Waals surface area contributed by atoms with E-state index in [-0.39, 0.29) is 11.3 Å². The summed E-state index contributed by atoms with van der Waals surface area (Å²) in [5, 5.41) is 12.6. The van der Waals surface area contributed by atoms with Crippen LogP contribution in [0.1, 0.15) is 28.9 Å². The number of hydrogen-bond acceptors (Lipinski definition) is 7. The van der Waals surface area contributed by atoms with Crippen molar-refractivity contribution in [2.75, 3.05) is 27.9 Å². The molecule has 150 valence electrons. The average molecular weight is 389 g/mol. The summed E-state index contributed by atoms with van der Waals surface area (Å²) in [7, 11) is 4.52. The molecule has 0 bridgehead atoms. The van der Waals surface area contributed by atoms with Crippen molar-refractivity contribution in [1.29, 1.82) is 0 Å². The molecule has 8 nitrogen and oxygen atoms in total. The zero-order chi connectivity index (χ0) is 20.7. The molecule has 0 heterocycles. The maximum Gasteiger partial charge on any atom is 0.342 e. The van der Waals surface area contributed by atoms with E-state index in [0.717, 1.165) is 0 Å². The molecule has 0 aliphatic rings. The van der Waals surface area contributed by atoms with Crippen LogP contribution in [0.15, 0.2) is 36.4 Å². The number of nitrogens with one attached hydrogen (secondary N) is 1. The van der Waals surface area contributed by atoms with Gasteiger partial charge in [-0.1, -0.05) is 0 Å². The summed E-state index contributed by atoms with van der Waals surface area (Å²) < 4.78 is 20.4. The molecule has 2 aromatic rings. The molecule has 0 saturated carbocycles. The number of hydrogen-bond donors (Lipinski definition) is 2. The topological polar surface area (TPSA) is 103 Å². The van der Waals surface area contributed by atoms with Crippen molar-refractivity contribution < 1.29 is 33.6 Å². The third kappa shape index (κ3) is 5.06. The van der Waals surface area contributed by atoms with Gasteiger partial charge in [-0.05, 0) is 37.3 Å². The van der Waals surface area contributed by atoms with Crippen molar-refractivity contribution >= 4 is 11.9 Å². The molecular formula is C20H23NO7. The van der Waals surface area contributed by atoms with Gasteiger partial charge in [0.05, 0.1) is 27.4 Å². The first-order chi connectivity index (χ1) is 13.4. The number of phenols is 1. The van der Waals surface area contributed by atoms with Gasteiger partial charge in [-0.2, -0.15) is 0 Å². The lowest BCUT2D eigenvalue weighted by Crippen LogP contribution is -2.31. The van der Waals surface area contributed by atoms with Gasteiger partial charge in [-0.3, -0.25) is 4.79 Å². The maximum absolute atomic E-state index is 12.2. The molecule has 0 saturated heterocycles. The molecule has 8 heteroatoms. The Bertz CT molecular complexity index is 850. The lowest BCUT2D eigenvalue weighted by atomic mass is 10.1. The highest BCUT2D eigenvalue weighted by Gasteiger charge is 2.18. The van der Waals surface area contributed by atoms with Gasteiger partial charge in [0.2, 0.25) is 0 Å². The third-order valence-corrected chi connectivity index (χ3v) is 4.04. The van der Waals surface area contributed by atoms with E-state index in [2.05, 4.69) is 5.32 Å². The number of aromatic hydroxyl groups is 1. The van der Waals surface area contributed by atoms with E-state index < -0.39 is 24.5 Å². The first-order valence-corrected chi connectivity index (χ1v) is 8.45. The van der Waals surface area contributed by atoms with Crippen LogP contribution in [0, 0.1) is 0 Å². The monoisotopic (exact) mass is 389 g/mol. The SMILES string of the molecule is COc1ccc(C(=O)OCC(=O)N[C@H](C)c2cc(OC)ccc2OC)c(O)c1. The van der Waals surface area contributed by atoms with Gasteiger partial charge < -0.3 is 29.4 Å². The van der Waals surface area contributed by atoms with Crippen LogP contribution in [-0.2, 0) is 9.53 Å². The van der Waals surface area contributed by atoms with E-state index in [4.69, 9.17) is 18.9 Å². The molecule has 0 aliphatic carbocycles. The van der Waals surface area contributed by atoms with E-state index in [0.29, 0.717) is 22.8 Å². The van der Waals surface area contributed by atoms with Gasteiger partial charge in [-0.25, -0.2) is 4.79 Å². The van der Waals surface area contributed by atoms with Crippen molar-refractivity contribution in [2.45, 2.75) is 13.0 Å². The molecule has 0 unspecified atom stereocenters. The Balaban J connectivity index is 1.98. The Kier molecular flexibility index (Phi) is 7.08. The van der Waals surface area contributed by atoms with Crippen LogP contribution in [0.4, 0.5) is 0 Å². The van der Waals surface area contributed by atoms with Crippen LogP contribution in [0.2, 0.25) is 0 Å². The molecule has 0 aromatic heterocycles. The Hall–Kier alpha value is -3.42. The molecule has 0 aliphatic heterocycles. The Morgan fingerprint density at radius 2 is 1.64 bits per heavy atom. The minimum atomic E-state index is -0.818. The van der Waals surface area contributed by atoms with Crippen molar-refractivity contribution in [3.8, 4) is 23.0 Å². The molecule has 0 radical (unpaired) electrons. The highest BCUT2D eigenvalue weighted by atomic mass is 16.5. The summed E-state index contributed by atoms with van der Waals surface area (Å²) >= 11 is 0. The van der Waals surface area contributed by atoms with Gasteiger partial charge in [0.15, 0.2) is 6.61 Å². The van der Waals surface area contributed by atoms with E-state index in [1.54, 1.807) is 32.2 Å². The first-order valence-electron chi connectivity index (χ1n) is 8.45. The second-order valence-corrected chi connectivity index (χ2v) is 5.86. The number of amides is 1. The zero-order valence-electron chi connectivity index (χ0n) is 16.1. The summed E-state index contributed by atoms with van der Waals surface area (Å²) in [6.07, 6.45) is 0. The van der Waals surface area contributed by atoms with Gasteiger partial charge in [0, 0.05) is 11.6 Å². The number of rotatable bonds is 8. The highest BCUT2D eigenvalue weighted by molar-refractivity contribution is 5.94. The fourth-order valence-corrected chi connectivity index (χ4v) is 2.56. The normalized spacial score (nSPS) is 11.3. The number of ether oxygens (including phenoxy) is 4. The van der Waals surface area contributed by atoms with Gasteiger partial charge in [0.1, 0.15) is 28.6 Å². The fourth-order valence-electron chi connectivity index (χ4n) is 2.56. The van der Waals surface area contributed by atoms with Crippen LogP contribution < -0.4 is 19.5 Å². The number of benzene rings is 2. The summed E-state index contributed by atoms with van der Waals surface area (Å²) in [5.74, 6) is -0.000188. The molecule has 1 amide bonds. The molecule has 2 aromatic carbocycles. The summed E-state index contributed by atoms with van der Waals surface area (Å²) in [5.41, 5.74) is 0.658. The van der Waals surface area contributed by atoms with Crippen LogP contribution in [0.3, 0.4) is 0 Å². The van der Waals surface area contributed by atoms with E-state index in [1.807, 2.05) is 0 Å². The molecular weight excluding hydrogens is 366 g/mol. The molecule has 2 N–H and O–H groups in total. The second-order valence-electron chi connectivity index (χ2n) is 5.86. The fraction of sp³-hybridized carbons (Fsp3) is 0.300. The van der Waals surface area contributed by atoms with Gasteiger partial charge in [-0.15, -0.1) is 0 Å². The number of carbonyl (C=O) groups is 2. The minimum Gasteiger partial charge on any atom is -0.507 e. The zero-order valence-corrected chi connectivity index (χ0v) is 16.1. The summed E-state index contributed by atoms with van der Waals surface area (Å²) in [6, 6.07) is 8.99. The smallest absolute Gasteiger partial charge is 0.342 e. The van der Waals surface area contributed by atoms with Crippen molar-refractivity contribution in [2.24, 2.45) is 0 Å². The largest absolute Gasteiger partial charge is 0.507 e. The molecule has 0 fully saturated rings. The number of esters is 1. The summed E-state index contributed by atoms with van der Waals surface area (Å²) in [6.45, 7) is 1.27. The minimum absolute atomic E-state index is 0.0592. The summed E-state index contributed by atoms with van der Waals surface area (Å²) in [4.78, 5) is 24.2. The molecule has 0 spiro atoms. The van der Waals surface area contributed by atoms with Gasteiger partial charge >= 0.3 is 5.97 Å². The average Bonchev–Trinajstić information content (AvgIpc) is 2.71. The first kappa shape index (κ1) is 20.9. The Labute approximate surface area is 163 Å². The van der Waals surface area contributed by atoms with E-state index in [9.17, 15) is 14.7 Å². The maximum atomic E-state index is 12.2. The van der Waals surface area contributed by atoms with Crippen molar-refractivity contribution in [1.82, 2.24) is 5.32 Å². The highest BCUT2D eigenvalue weighted by Crippen LogP contribution is 2.29. The lowest BCUT2D eigenvalue weighted by Gasteiger charge is -2.18. The number of carbonyl (C=O) groups excluding carboxylic acids is 2.